The molecule has 0 fully saturated rings. The lowest BCUT2D eigenvalue weighted by molar-refractivity contribution is -0.117. The molecule has 4 aromatic rings. The Morgan fingerprint density at radius 3 is 2.47 bits per heavy atom. The zero-order chi connectivity index (χ0) is 21.1. The number of amides is 1. The second-order valence-electron chi connectivity index (χ2n) is 6.86. The molecule has 0 saturated heterocycles. The molecule has 1 amide bonds. The molecular weight excluding hydrogens is 376 g/mol. The molecule has 0 aliphatic heterocycles. The zero-order valence-corrected chi connectivity index (χ0v) is 16.2. The normalized spacial score (nSPS) is 11.6. The number of anilines is 1. The predicted octanol–water partition coefficient (Wildman–Crippen LogP) is 4.30. The van der Waals surface area contributed by atoms with Gasteiger partial charge < -0.3 is 5.32 Å². The van der Waals surface area contributed by atoms with Gasteiger partial charge in [-0.2, -0.15) is 10.4 Å². The van der Waals surface area contributed by atoms with Crippen LogP contribution in [-0.4, -0.2) is 21.5 Å². The lowest BCUT2D eigenvalue weighted by Gasteiger charge is -2.11. The van der Waals surface area contributed by atoms with E-state index in [1.165, 1.54) is 0 Å². The van der Waals surface area contributed by atoms with E-state index in [4.69, 9.17) is 0 Å². The van der Waals surface area contributed by atoms with Crippen LogP contribution in [0.25, 0.3) is 16.5 Å². The van der Waals surface area contributed by atoms with E-state index in [1.807, 2.05) is 79.7 Å². The van der Waals surface area contributed by atoms with Gasteiger partial charge in [-0.15, -0.1) is 0 Å². The fourth-order valence-corrected chi connectivity index (χ4v) is 3.35. The van der Waals surface area contributed by atoms with Crippen LogP contribution in [-0.2, 0) is 4.79 Å². The average Bonchev–Trinajstić information content (AvgIpc) is 3.17. The van der Waals surface area contributed by atoms with Gasteiger partial charge >= 0.3 is 0 Å². The van der Waals surface area contributed by atoms with Crippen molar-refractivity contribution in [2.24, 2.45) is 5.92 Å². The van der Waals surface area contributed by atoms with Gasteiger partial charge in [0.15, 0.2) is 5.92 Å². The maximum absolute atomic E-state index is 12.9. The number of hydrogen-bond donors (Lipinski definition) is 1. The molecule has 3 aromatic carbocycles. The molecule has 6 nitrogen and oxygen atoms in total. The van der Waals surface area contributed by atoms with Crippen molar-refractivity contribution in [2.75, 3.05) is 5.32 Å². The number of carbonyl (C=O) groups excluding carboxylic acids is 2. The second-order valence-corrected chi connectivity index (χ2v) is 6.86. The van der Waals surface area contributed by atoms with Gasteiger partial charge in [-0.25, -0.2) is 4.68 Å². The third-order valence-corrected chi connectivity index (χ3v) is 4.84. The first-order chi connectivity index (χ1) is 14.6. The van der Waals surface area contributed by atoms with Crippen LogP contribution >= 0.6 is 0 Å². The number of rotatable bonds is 5. The number of hydrogen-bond acceptors (Lipinski definition) is 4. The van der Waals surface area contributed by atoms with Crippen LogP contribution in [0.2, 0.25) is 0 Å². The number of nitrogens with one attached hydrogen (secondary N) is 1. The second kappa shape index (κ2) is 8.02. The number of benzene rings is 3. The smallest absolute Gasteiger partial charge is 0.249 e. The summed E-state index contributed by atoms with van der Waals surface area (Å²) in [4.78, 5) is 25.7. The van der Waals surface area contributed by atoms with E-state index < -0.39 is 17.6 Å². The van der Waals surface area contributed by atoms with E-state index in [0.717, 1.165) is 22.2 Å². The number of aryl methyl sites for hydroxylation is 1. The molecule has 0 aliphatic carbocycles. The highest BCUT2D eigenvalue weighted by atomic mass is 16.2. The maximum Gasteiger partial charge on any atom is 0.249 e. The van der Waals surface area contributed by atoms with Crippen molar-refractivity contribution in [2.45, 2.75) is 6.92 Å². The summed E-state index contributed by atoms with van der Waals surface area (Å²) in [5.41, 5.74) is 2.16. The Bertz CT molecular complexity index is 1280. The summed E-state index contributed by atoms with van der Waals surface area (Å²) in [6.07, 6.45) is 0. The van der Waals surface area contributed by atoms with E-state index in [2.05, 4.69) is 10.4 Å². The van der Waals surface area contributed by atoms with E-state index in [9.17, 15) is 14.9 Å². The van der Waals surface area contributed by atoms with Gasteiger partial charge in [0, 0.05) is 16.8 Å². The number of carbonyl (C=O) groups is 2. The number of fused-ring (bicyclic) bond motifs is 1. The first kappa shape index (κ1) is 19.1. The fourth-order valence-electron chi connectivity index (χ4n) is 3.35. The summed E-state index contributed by atoms with van der Waals surface area (Å²) < 4.78 is 1.62. The SMILES string of the molecule is Cc1cc(C(=O)C(C#N)C(=O)Nc2cccc3ccccc23)nn1-c1ccccc1. The Morgan fingerprint density at radius 2 is 1.70 bits per heavy atom. The van der Waals surface area contributed by atoms with Crippen molar-refractivity contribution in [1.82, 2.24) is 9.78 Å². The third kappa shape index (κ3) is 3.56. The van der Waals surface area contributed by atoms with Crippen molar-refractivity contribution in [3.05, 3.63) is 90.3 Å². The predicted molar refractivity (Wildman–Crippen MR) is 114 cm³/mol. The Labute approximate surface area is 173 Å². The molecule has 1 unspecified atom stereocenters. The molecule has 1 N–H and O–H groups in total. The highest BCUT2D eigenvalue weighted by Crippen LogP contribution is 2.24. The van der Waals surface area contributed by atoms with Gasteiger partial charge in [-0.1, -0.05) is 54.6 Å². The maximum atomic E-state index is 12.9. The minimum Gasteiger partial charge on any atom is -0.324 e. The van der Waals surface area contributed by atoms with Crippen LogP contribution in [0.1, 0.15) is 16.2 Å². The zero-order valence-electron chi connectivity index (χ0n) is 16.2. The van der Waals surface area contributed by atoms with Crippen molar-refractivity contribution in [3.63, 3.8) is 0 Å². The molecule has 0 spiro atoms. The molecule has 1 heterocycles. The van der Waals surface area contributed by atoms with Crippen LogP contribution in [0.5, 0.6) is 0 Å². The van der Waals surface area contributed by atoms with E-state index in [0.29, 0.717) is 5.69 Å². The minimum atomic E-state index is -1.50. The Balaban J connectivity index is 1.60. The van der Waals surface area contributed by atoms with Gasteiger partial charge in [-0.3, -0.25) is 9.59 Å². The summed E-state index contributed by atoms with van der Waals surface area (Å²) in [5.74, 6) is -2.80. The number of nitrogens with zero attached hydrogens (tertiary/aromatic N) is 3. The number of para-hydroxylation sites is 1. The third-order valence-electron chi connectivity index (χ3n) is 4.84. The molecule has 1 atom stereocenters. The molecule has 30 heavy (non-hydrogen) atoms. The number of Topliss-reactive ketones (excluding diaryl/α,β-unsaturated/α-hetero) is 1. The first-order valence-electron chi connectivity index (χ1n) is 9.43. The van der Waals surface area contributed by atoms with Gasteiger partial charge in [0.05, 0.1) is 11.8 Å². The van der Waals surface area contributed by atoms with Gasteiger partial charge in [0.2, 0.25) is 11.7 Å². The molecule has 6 heteroatoms. The van der Waals surface area contributed by atoms with Crippen LogP contribution in [0.3, 0.4) is 0 Å². The fraction of sp³-hybridized carbons (Fsp3) is 0.0833. The summed E-state index contributed by atoms with van der Waals surface area (Å²) in [5, 5.41) is 18.4. The molecule has 0 aliphatic rings. The van der Waals surface area contributed by atoms with Crippen LogP contribution < -0.4 is 5.32 Å². The number of nitriles is 1. The average molecular weight is 394 g/mol. The highest BCUT2D eigenvalue weighted by Gasteiger charge is 2.30. The Kier molecular flexibility index (Phi) is 5.10. The lowest BCUT2D eigenvalue weighted by atomic mass is 10.0. The van der Waals surface area contributed by atoms with Gasteiger partial charge in [0.25, 0.3) is 0 Å². The van der Waals surface area contributed by atoms with Crippen molar-refractivity contribution >= 4 is 28.2 Å². The summed E-state index contributed by atoms with van der Waals surface area (Å²) >= 11 is 0. The largest absolute Gasteiger partial charge is 0.324 e. The number of ketones is 1. The summed E-state index contributed by atoms with van der Waals surface area (Å²) in [6.45, 7) is 1.81. The topological polar surface area (TPSA) is 87.8 Å². The van der Waals surface area contributed by atoms with Gasteiger partial charge in [0.1, 0.15) is 5.69 Å². The summed E-state index contributed by atoms with van der Waals surface area (Å²) in [6, 6.07) is 25.8. The van der Waals surface area contributed by atoms with E-state index in [-0.39, 0.29) is 5.69 Å². The highest BCUT2D eigenvalue weighted by molar-refractivity contribution is 6.16. The van der Waals surface area contributed by atoms with Gasteiger partial charge in [-0.05, 0) is 36.6 Å². The van der Waals surface area contributed by atoms with Crippen LogP contribution in [0, 0.1) is 24.2 Å². The number of aromatic nitrogens is 2. The quantitative estimate of drug-likeness (QED) is 0.404. The molecule has 0 bridgehead atoms. The van der Waals surface area contributed by atoms with Crippen LogP contribution in [0.4, 0.5) is 5.69 Å². The van der Waals surface area contributed by atoms with Crippen molar-refractivity contribution in [1.29, 1.82) is 5.26 Å². The molecule has 1 aromatic heterocycles. The monoisotopic (exact) mass is 394 g/mol. The molecule has 146 valence electrons. The van der Waals surface area contributed by atoms with Crippen LogP contribution in [0.15, 0.2) is 78.9 Å². The molecular formula is C24H18N4O2. The van der Waals surface area contributed by atoms with Crippen molar-refractivity contribution in [3.8, 4) is 11.8 Å². The Hall–Kier alpha value is -4.24. The minimum absolute atomic E-state index is 0.0796. The molecule has 0 radical (unpaired) electrons. The first-order valence-corrected chi connectivity index (χ1v) is 9.43. The Morgan fingerprint density at radius 1 is 1.00 bits per heavy atom. The van der Waals surface area contributed by atoms with E-state index >= 15 is 0 Å². The summed E-state index contributed by atoms with van der Waals surface area (Å²) in [7, 11) is 0. The molecule has 0 saturated carbocycles. The van der Waals surface area contributed by atoms with Crippen molar-refractivity contribution < 1.29 is 9.59 Å². The standard InChI is InChI=1S/C24H18N4O2/c1-16-14-22(27-28(16)18-10-3-2-4-11-18)23(29)20(15-25)24(30)26-21-13-7-9-17-8-5-6-12-19(17)21/h2-14,20H,1H3,(H,26,30). The molecule has 4 rings (SSSR count). The van der Waals surface area contributed by atoms with E-state index in [1.54, 1.807) is 16.8 Å². The lowest BCUT2D eigenvalue weighted by Crippen LogP contribution is -2.29.